The lowest BCUT2D eigenvalue weighted by molar-refractivity contribution is -0.870. The van der Waals surface area contributed by atoms with Crippen LogP contribution in [0.15, 0.2) is 30.5 Å². The Morgan fingerprint density at radius 2 is 1.76 bits per heavy atom. The molecule has 0 atom stereocenters. The van der Waals surface area contributed by atoms with Crippen molar-refractivity contribution in [3.05, 3.63) is 41.7 Å². The molecular formula is C20H31N4O+. The van der Waals surface area contributed by atoms with Gasteiger partial charge in [0, 0.05) is 6.42 Å². The highest BCUT2D eigenvalue weighted by atomic mass is 16.1. The Morgan fingerprint density at radius 1 is 1.04 bits per heavy atom. The van der Waals surface area contributed by atoms with Crippen molar-refractivity contribution in [1.82, 2.24) is 15.0 Å². The van der Waals surface area contributed by atoms with Gasteiger partial charge in [-0.15, -0.1) is 5.10 Å². The molecule has 0 saturated carbocycles. The molecule has 1 aromatic heterocycles. The van der Waals surface area contributed by atoms with Crippen LogP contribution >= 0.6 is 0 Å². The second-order valence-electron chi connectivity index (χ2n) is 7.85. The number of Topliss-reactive ketones (excluding diaryl/α,β-unsaturated/α-hetero) is 1. The number of benzene rings is 1. The lowest BCUT2D eigenvalue weighted by Gasteiger charge is -2.23. The first-order valence-electron chi connectivity index (χ1n) is 9.14. The fourth-order valence-corrected chi connectivity index (χ4v) is 2.74. The van der Waals surface area contributed by atoms with Crippen molar-refractivity contribution in [2.75, 3.05) is 27.7 Å². The van der Waals surface area contributed by atoms with Crippen molar-refractivity contribution in [3.8, 4) is 5.69 Å². The van der Waals surface area contributed by atoms with E-state index in [0.717, 1.165) is 35.1 Å². The molecule has 5 nitrogen and oxygen atoms in total. The predicted molar refractivity (Wildman–Crippen MR) is 101 cm³/mol. The average molecular weight is 343 g/mol. The van der Waals surface area contributed by atoms with E-state index in [-0.39, 0.29) is 5.78 Å². The maximum atomic E-state index is 11.1. The van der Waals surface area contributed by atoms with Gasteiger partial charge in [-0.1, -0.05) is 17.3 Å². The van der Waals surface area contributed by atoms with Gasteiger partial charge in [-0.05, 0) is 56.7 Å². The Labute approximate surface area is 151 Å². The number of aryl methyl sites for hydroxylation is 2. The van der Waals surface area contributed by atoms with E-state index in [0.29, 0.717) is 6.42 Å². The third-order valence-electron chi connectivity index (χ3n) is 4.27. The Balaban J connectivity index is 1.81. The van der Waals surface area contributed by atoms with E-state index in [4.69, 9.17) is 0 Å². The van der Waals surface area contributed by atoms with Gasteiger partial charge in [0.2, 0.25) is 0 Å². The Morgan fingerprint density at radius 3 is 2.40 bits per heavy atom. The molecule has 0 aliphatic carbocycles. The Kier molecular flexibility index (Phi) is 6.88. The highest BCUT2D eigenvalue weighted by Gasteiger charge is 2.07. The number of rotatable bonds is 10. The average Bonchev–Trinajstić information content (AvgIpc) is 3.01. The van der Waals surface area contributed by atoms with E-state index in [1.807, 2.05) is 23.0 Å². The van der Waals surface area contributed by atoms with Crippen LogP contribution in [0.4, 0.5) is 0 Å². The minimum atomic E-state index is 0.228. The van der Waals surface area contributed by atoms with Crippen molar-refractivity contribution in [2.45, 2.75) is 45.4 Å². The number of hydrogen-bond acceptors (Lipinski definition) is 3. The molecule has 1 aromatic carbocycles. The summed E-state index contributed by atoms with van der Waals surface area (Å²) in [6.45, 7) is 2.84. The molecule has 0 spiro atoms. The van der Waals surface area contributed by atoms with Gasteiger partial charge in [0.25, 0.3) is 0 Å². The lowest BCUT2D eigenvalue weighted by atomic mass is 10.1. The number of carbonyl (C=O) groups is 1. The highest BCUT2D eigenvalue weighted by molar-refractivity contribution is 5.75. The molecule has 0 N–H and O–H groups in total. The zero-order valence-corrected chi connectivity index (χ0v) is 16.0. The van der Waals surface area contributed by atoms with Gasteiger partial charge in [0.1, 0.15) is 5.78 Å². The molecule has 0 amide bonds. The molecule has 2 rings (SSSR count). The monoisotopic (exact) mass is 343 g/mol. The largest absolute Gasteiger partial charge is 0.331 e. The van der Waals surface area contributed by atoms with Gasteiger partial charge >= 0.3 is 0 Å². The summed E-state index contributed by atoms with van der Waals surface area (Å²) in [6.07, 6.45) is 8.03. The Hall–Kier alpha value is -2.01. The van der Waals surface area contributed by atoms with Crippen LogP contribution in [-0.4, -0.2) is 52.9 Å². The zero-order valence-electron chi connectivity index (χ0n) is 16.0. The molecule has 0 aliphatic heterocycles. The van der Waals surface area contributed by atoms with Crippen molar-refractivity contribution in [2.24, 2.45) is 0 Å². The molecule has 1 heterocycles. The number of hydrogen-bond donors (Lipinski definition) is 0. The van der Waals surface area contributed by atoms with Crippen molar-refractivity contribution >= 4 is 5.78 Å². The number of nitrogens with zero attached hydrogens (tertiary/aromatic N) is 4. The first-order chi connectivity index (χ1) is 11.8. The van der Waals surface area contributed by atoms with Crippen LogP contribution in [0.5, 0.6) is 0 Å². The molecule has 25 heavy (non-hydrogen) atoms. The molecule has 2 aromatic rings. The van der Waals surface area contributed by atoms with E-state index in [1.54, 1.807) is 6.92 Å². The third-order valence-corrected chi connectivity index (χ3v) is 4.27. The van der Waals surface area contributed by atoms with Crippen LogP contribution in [0.25, 0.3) is 5.69 Å². The SMILES string of the molecule is CC(=O)CCc1ccc(-n2cc(CCCCC[N+](C)(C)C)nn2)cc1. The first kappa shape index (κ1) is 19.3. The topological polar surface area (TPSA) is 47.8 Å². The van der Waals surface area contributed by atoms with E-state index in [9.17, 15) is 4.79 Å². The van der Waals surface area contributed by atoms with Crippen molar-refractivity contribution in [3.63, 3.8) is 0 Å². The van der Waals surface area contributed by atoms with E-state index < -0.39 is 0 Å². The van der Waals surface area contributed by atoms with Gasteiger partial charge in [0.05, 0.1) is 45.3 Å². The van der Waals surface area contributed by atoms with E-state index >= 15 is 0 Å². The zero-order chi connectivity index (χ0) is 18.3. The number of ketones is 1. The van der Waals surface area contributed by atoms with Crippen LogP contribution in [-0.2, 0) is 17.6 Å². The number of quaternary nitrogens is 1. The Bertz CT molecular complexity index is 668. The molecule has 0 unspecified atom stereocenters. The quantitative estimate of drug-likeness (QED) is 0.492. The van der Waals surface area contributed by atoms with Crippen LogP contribution in [0.1, 0.15) is 43.9 Å². The normalized spacial score (nSPS) is 11.7. The summed E-state index contributed by atoms with van der Waals surface area (Å²) in [7, 11) is 6.70. The first-order valence-corrected chi connectivity index (χ1v) is 9.14. The number of carbonyl (C=O) groups excluding carboxylic acids is 1. The maximum absolute atomic E-state index is 11.1. The molecular weight excluding hydrogens is 312 g/mol. The molecule has 136 valence electrons. The summed E-state index contributed by atoms with van der Waals surface area (Å²) >= 11 is 0. The summed E-state index contributed by atoms with van der Waals surface area (Å²) in [5.74, 6) is 0.228. The van der Waals surface area contributed by atoms with Crippen LogP contribution < -0.4 is 0 Å². The van der Waals surface area contributed by atoms with E-state index in [1.165, 1.54) is 24.9 Å². The molecule has 0 saturated heterocycles. The van der Waals surface area contributed by atoms with Crippen LogP contribution in [0.3, 0.4) is 0 Å². The highest BCUT2D eigenvalue weighted by Crippen LogP contribution is 2.12. The summed E-state index contributed by atoms with van der Waals surface area (Å²) in [5.41, 5.74) is 3.23. The molecule has 0 aliphatic rings. The molecule has 0 radical (unpaired) electrons. The molecule has 0 bridgehead atoms. The second-order valence-corrected chi connectivity index (χ2v) is 7.85. The minimum Gasteiger partial charge on any atom is -0.331 e. The standard InChI is InChI=1S/C20H31N4O/c1-17(25)9-10-18-11-13-20(14-12-18)23-16-19(21-22-23)8-6-5-7-15-24(2,3)4/h11-14,16H,5-10,15H2,1-4H3/q+1. The van der Waals surface area contributed by atoms with Gasteiger partial charge in [-0.3, -0.25) is 0 Å². The number of aromatic nitrogens is 3. The van der Waals surface area contributed by atoms with Crippen LogP contribution in [0.2, 0.25) is 0 Å². The number of unbranched alkanes of at least 4 members (excludes halogenated alkanes) is 2. The fourth-order valence-electron chi connectivity index (χ4n) is 2.74. The van der Waals surface area contributed by atoms with E-state index in [2.05, 4.69) is 43.6 Å². The van der Waals surface area contributed by atoms with Gasteiger partial charge in [0.15, 0.2) is 0 Å². The third kappa shape index (κ3) is 7.18. The second kappa shape index (κ2) is 8.90. The summed E-state index contributed by atoms with van der Waals surface area (Å²) in [5, 5.41) is 8.52. The van der Waals surface area contributed by atoms with Crippen molar-refractivity contribution in [1.29, 1.82) is 0 Å². The summed E-state index contributed by atoms with van der Waals surface area (Å²) < 4.78 is 2.86. The van der Waals surface area contributed by atoms with Gasteiger partial charge in [-0.25, -0.2) is 4.68 Å². The minimum absolute atomic E-state index is 0.228. The predicted octanol–water partition coefficient (Wildman–Crippen LogP) is 3.21. The van der Waals surface area contributed by atoms with Gasteiger partial charge < -0.3 is 9.28 Å². The van der Waals surface area contributed by atoms with Gasteiger partial charge in [-0.2, -0.15) is 0 Å². The smallest absolute Gasteiger partial charge is 0.130 e. The fraction of sp³-hybridized carbons (Fsp3) is 0.550. The maximum Gasteiger partial charge on any atom is 0.130 e. The summed E-state index contributed by atoms with van der Waals surface area (Å²) in [6, 6.07) is 8.19. The molecule has 5 heteroatoms. The van der Waals surface area contributed by atoms with Crippen molar-refractivity contribution < 1.29 is 9.28 Å². The van der Waals surface area contributed by atoms with Crippen LogP contribution in [0, 0.1) is 0 Å². The molecule has 0 fully saturated rings. The lowest BCUT2D eigenvalue weighted by Crippen LogP contribution is -2.35. The summed E-state index contributed by atoms with van der Waals surface area (Å²) in [4.78, 5) is 11.1.